The summed E-state index contributed by atoms with van der Waals surface area (Å²) in [6.45, 7) is 0. The third kappa shape index (κ3) is 3.77. The second-order valence-electron chi connectivity index (χ2n) is 3.28. The van der Waals surface area contributed by atoms with Gasteiger partial charge in [-0.1, -0.05) is 0 Å². The molecule has 0 saturated heterocycles. The van der Waals surface area contributed by atoms with Crippen molar-refractivity contribution < 1.29 is 19.6 Å². The monoisotopic (exact) mass is 266 g/mol. The van der Waals surface area contributed by atoms with Gasteiger partial charge in [0, 0.05) is 18.7 Å². The number of phenols is 1. The number of phenolic OH excluding ortho intramolecular Hbond substituents is 1. The average molecular weight is 266 g/mol. The molecule has 0 aromatic heterocycles. The minimum Gasteiger partial charge on any atom is -0.502 e. The van der Waals surface area contributed by atoms with Crippen LogP contribution < -0.4 is 10.7 Å². The van der Waals surface area contributed by atoms with Gasteiger partial charge in [0.2, 0.25) is 0 Å². The molecule has 1 aromatic carbocycles. The van der Waals surface area contributed by atoms with Gasteiger partial charge < -0.3 is 10.4 Å². The standard InChI is InChI=1S/C10H10N4O5/c1-11-9(16)10(17)13-12-5-6-2-3-8(15)7(4-6)14(18)19/h2-5,15H,1H3,(H,11,16)(H,13,17)/b12-5+. The van der Waals surface area contributed by atoms with Crippen LogP contribution in [0.4, 0.5) is 5.69 Å². The first-order chi connectivity index (χ1) is 8.95. The number of carbonyl (C=O) groups is 2. The number of benzene rings is 1. The number of hydrogen-bond donors (Lipinski definition) is 3. The van der Waals surface area contributed by atoms with Crippen LogP contribution in [0.5, 0.6) is 5.75 Å². The van der Waals surface area contributed by atoms with Crippen molar-refractivity contribution in [2.24, 2.45) is 5.10 Å². The molecular formula is C10H10N4O5. The highest BCUT2D eigenvalue weighted by atomic mass is 16.6. The smallest absolute Gasteiger partial charge is 0.329 e. The quantitative estimate of drug-likeness (QED) is 0.293. The minimum atomic E-state index is -0.966. The largest absolute Gasteiger partial charge is 0.502 e. The van der Waals surface area contributed by atoms with Crippen LogP contribution in [0, 0.1) is 10.1 Å². The van der Waals surface area contributed by atoms with Crippen molar-refractivity contribution in [1.82, 2.24) is 10.7 Å². The summed E-state index contributed by atoms with van der Waals surface area (Å²) >= 11 is 0. The molecule has 0 bridgehead atoms. The molecule has 1 rings (SSSR count). The molecule has 0 aliphatic rings. The van der Waals surface area contributed by atoms with E-state index < -0.39 is 28.2 Å². The Balaban J connectivity index is 2.78. The second kappa shape index (κ2) is 6.10. The van der Waals surface area contributed by atoms with Gasteiger partial charge in [-0.3, -0.25) is 19.7 Å². The van der Waals surface area contributed by atoms with Crippen LogP contribution in [-0.2, 0) is 9.59 Å². The van der Waals surface area contributed by atoms with E-state index >= 15 is 0 Å². The average Bonchev–Trinajstić information content (AvgIpc) is 2.39. The SMILES string of the molecule is CNC(=O)C(=O)N/N=C/c1ccc(O)c([N+](=O)[O-])c1. The zero-order chi connectivity index (χ0) is 14.4. The fourth-order valence-electron chi connectivity index (χ4n) is 1.10. The number of carbonyl (C=O) groups excluding carboxylic acids is 2. The van der Waals surface area contributed by atoms with E-state index in [1.54, 1.807) is 0 Å². The Labute approximate surface area is 107 Å². The third-order valence-electron chi connectivity index (χ3n) is 2.01. The van der Waals surface area contributed by atoms with Crippen molar-refractivity contribution in [1.29, 1.82) is 0 Å². The van der Waals surface area contributed by atoms with Gasteiger partial charge in [-0.2, -0.15) is 5.10 Å². The number of nitro benzene ring substituents is 1. The van der Waals surface area contributed by atoms with Crippen molar-refractivity contribution in [3.8, 4) is 5.75 Å². The lowest BCUT2D eigenvalue weighted by atomic mass is 10.2. The van der Waals surface area contributed by atoms with E-state index in [9.17, 15) is 24.8 Å². The molecule has 9 heteroatoms. The molecule has 0 aliphatic heterocycles. The first-order valence-corrected chi connectivity index (χ1v) is 4.98. The first-order valence-electron chi connectivity index (χ1n) is 4.98. The molecule has 0 radical (unpaired) electrons. The summed E-state index contributed by atoms with van der Waals surface area (Å²) in [7, 11) is 1.29. The van der Waals surface area contributed by atoms with Gasteiger partial charge in [0.15, 0.2) is 5.75 Å². The summed E-state index contributed by atoms with van der Waals surface area (Å²) in [5, 5.41) is 25.3. The van der Waals surface area contributed by atoms with Crippen molar-refractivity contribution >= 4 is 23.7 Å². The number of nitrogens with zero attached hydrogens (tertiary/aromatic N) is 2. The lowest BCUT2D eigenvalue weighted by Crippen LogP contribution is -2.35. The number of hydrazone groups is 1. The number of likely N-dealkylation sites (N-methyl/N-ethyl adjacent to an activating group) is 1. The predicted octanol–water partition coefficient (Wildman–Crippen LogP) is -0.503. The Hall–Kier alpha value is -2.97. The fourth-order valence-corrected chi connectivity index (χ4v) is 1.10. The van der Waals surface area contributed by atoms with Crippen LogP contribution in [0.15, 0.2) is 23.3 Å². The van der Waals surface area contributed by atoms with Gasteiger partial charge in [0.25, 0.3) is 0 Å². The van der Waals surface area contributed by atoms with Crippen LogP contribution in [0.3, 0.4) is 0 Å². The van der Waals surface area contributed by atoms with Crippen LogP contribution >= 0.6 is 0 Å². The summed E-state index contributed by atoms with van der Waals surface area (Å²) in [6, 6.07) is 3.56. The Morgan fingerprint density at radius 1 is 1.42 bits per heavy atom. The minimum absolute atomic E-state index is 0.279. The molecule has 0 atom stereocenters. The molecule has 100 valence electrons. The number of nitrogens with one attached hydrogen (secondary N) is 2. The Bertz CT molecular complexity index is 555. The van der Waals surface area contributed by atoms with E-state index in [1.165, 1.54) is 13.1 Å². The summed E-state index contributed by atoms with van der Waals surface area (Å²) in [5.41, 5.74) is 1.73. The molecule has 0 aliphatic carbocycles. The normalized spacial score (nSPS) is 10.2. The lowest BCUT2D eigenvalue weighted by Gasteiger charge is -1.98. The molecule has 0 unspecified atom stereocenters. The Morgan fingerprint density at radius 3 is 2.68 bits per heavy atom. The van der Waals surface area contributed by atoms with E-state index in [0.29, 0.717) is 0 Å². The maximum absolute atomic E-state index is 11.0. The molecule has 0 spiro atoms. The van der Waals surface area contributed by atoms with Gasteiger partial charge in [-0.15, -0.1) is 0 Å². The number of amides is 2. The maximum Gasteiger partial charge on any atom is 0.329 e. The highest BCUT2D eigenvalue weighted by Gasteiger charge is 2.13. The number of nitro groups is 1. The first kappa shape index (κ1) is 14.1. The molecule has 19 heavy (non-hydrogen) atoms. The van der Waals surface area contributed by atoms with E-state index in [-0.39, 0.29) is 5.56 Å². The highest BCUT2D eigenvalue weighted by Crippen LogP contribution is 2.25. The van der Waals surface area contributed by atoms with Crippen molar-refractivity contribution in [2.45, 2.75) is 0 Å². The van der Waals surface area contributed by atoms with Gasteiger partial charge in [-0.05, 0) is 12.1 Å². The maximum atomic E-state index is 11.0. The molecule has 0 fully saturated rings. The lowest BCUT2D eigenvalue weighted by molar-refractivity contribution is -0.385. The van der Waals surface area contributed by atoms with Crippen molar-refractivity contribution in [3.05, 3.63) is 33.9 Å². The number of hydrogen-bond acceptors (Lipinski definition) is 6. The van der Waals surface area contributed by atoms with Gasteiger partial charge >= 0.3 is 17.5 Å². The fraction of sp³-hybridized carbons (Fsp3) is 0.100. The zero-order valence-electron chi connectivity index (χ0n) is 9.78. The molecule has 1 aromatic rings. The highest BCUT2D eigenvalue weighted by molar-refractivity contribution is 6.34. The van der Waals surface area contributed by atoms with Crippen molar-refractivity contribution in [2.75, 3.05) is 7.05 Å². The topological polar surface area (TPSA) is 134 Å². The third-order valence-corrected chi connectivity index (χ3v) is 2.01. The molecule has 0 heterocycles. The second-order valence-corrected chi connectivity index (χ2v) is 3.28. The molecule has 9 nitrogen and oxygen atoms in total. The molecule has 3 N–H and O–H groups in total. The molecule has 2 amide bonds. The summed E-state index contributed by atoms with van der Waals surface area (Å²) in [5.74, 6) is -2.31. The number of aromatic hydroxyl groups is 1. The van der Waals surface area contributed by atoms with E-state index in [1.807, 2.05) is 5.43 Å². The number of rotatable bonds is 3. The van der Waals surface area contributed by atoms with E-state index in [0.717, 1.165) is 18.3 Å². The molecular weight excluding hydrogens is 256 g/mol. The van der Waals surface area contributed by atoms with Gasteiger partial charge in [0.05, 0.1) is 11.1 Å². The summed E-state index contributed by atoms with van der Waals surface area (Å²) in [4.78, 5) is 31.6. The zero-order valence-corrected chi connectivity index (χ0v) is 9.78. The Morgan fingerprint density at radius 2 is 2.11 bits per heavy atom. The van der Waals surface area contributed by atoms with Gasteiger partial charge in [0.1, 0.15) is 0 Å². The van der Waals surface area contributed by atoms with Crippen LogP contribution in [0.1, 0.15) is 5.56 Å². The summed E-state index contributed by atoms with van der Waals surface area (Å²) in [6.07, 6.45) is 1.10. The molecule has 0 saturated carbocycles. The van der Waals surface area contributed by atoms with E-state index in [4.69, 9.17) is 0 Å². The van der Waals surface area contributed by atoms with Crippen molar-refractivity contribution in [3.63, 3.8) is 0 Å². The summed E-state index contributed by atoms with van der Waals surface area (Å²) < 4.78 is 0. The van der Waals surface area contributed by atoms with E-state index in [2.05, 4.69) is 10.4 Å². The predicted molar refractivity (Wildman–Crippen MR) is 64.6 cm³/mol. The van der Waals surface area contributed by atoms with Crippen LogP contribution in [-0.4, -0.2) is 35.1 Å². The van der Waals surface area contributed by atoms with Gasteiger partial charge in [-0.25, -0.2) is 5.43 Å². The van der Waals surface area contributed by atoms with Crippen LogP contribution in [0.25, 0.3) is 0 Å². The Kier molecular flexibility index (Phi) is 4.52. The van der Waals surface area contributed by atoms with Crippen LogP contribution in [0.2, 0.25) is 0 Å².